The molecule has 2 aromatic heterocycles. The van der Waals surface area contributed by atoms with Crippen molar-refractivity contribution in [1.29, 1.82) is 0 Å². The first-order valence-electron chi connectivity index (χ1n) is 19.8. The molecular weight excluding hydrogens is 852 g/mol. The standard InChI is InChI=1S/C50H34N4.Pt/c1-52-33-53(47-25-12-11-24-46(47)52)38-17-13-16-36(31-38)50(43-21-8-5-18-39(43)40-19-6-9-22-44(40)50)37-26-27-42-41-20-7-10-23-45(41)54(48(42)32-37)49-30-35(28-29-51-49)34-14-3-2-4-15-34;/h2-30H,33H2,1H3;/q-2;+2/i1D3;. The molecule has 1 aliphatic carbocycles. The zero-order chi connectivity index (χ0) is 38.3. The summed E-state index contributed by atoms with van der Waals surface area (Å²) in [6.07, 6.45) is 1.89. The normalized spacial score (nSPS) is 14.8. The maximum absolute atomic E-state index is 8.35. The number of fused-ring (bicyclic) bond motifs is 7. The second kappa shape index (κ2) is 13.0. The molecule has 5 heteroatoms. The van der Waals surface area contributed by atoms with Crippen LogP contribution in [0.2, 0.25) is 0 Å². The Morgan fingerprint density at radius 2 is 1.29 bits per heavy atom. The zero-order valence-electron chi connectivity index (χ0n) is 32.6. The topological polar surface area (TPSA) is 24.3 Å². The number of aromatic nitrogens is 2. The fraction of sp³-hybridized carbons (Fsp3) is 0.0600. The summed E-state index contributed by atoms with van der Waals surface area (Å²) in [5.41, 5.74) is 12.3. The van der Waals surface area contributed by atoms with Crippen LogP contribution in [0.1, 0.15) is 26.4 Å². The molecule has 9 aromatic rings. The van der Waals surface area contributed by atoms with E-state index in [4.69, 9.17) is 9.10 Å². The van der Waals surface area contributed by atoms with Crippen molar-refractivity contribution in [3.8, 4) is 28.1 Å². The largest absolute Gasteiger partial charge is 2.00 e. The molecular formula is C50H34N4Pt. The van der Waals surface area contributed by atoms with Gasteiger partial charge >= 0.3 is 21.1 Å². The van der Waals surface area contributed by atoms with E-state index < -0.39 is 12.4 Å². The molecule has 1 aliphatic heterocycles. The Morgan fingerprint density at radius 3 is 2.09 bits per heavy atom. The van der Waals surface area contributed by atoms with Crippen molar-refractivity contribution in [2.45, 2.75) is 5.41 Å². The first-order valence-corrected chi connectivity index (χ1v) is 18.3. The fourth-order valence-electron chi connectivity index (χ4n) is 8.91. The predicted molar refractivity (Wildman–Crippen MR) is 221 cm³/mol. The molecule has 4 nitrogen and oxygen atoms in total. The van der Waals surface area contributed by atoms with Gasteiger partial charge in [-0.15, -0.1) is 22.6 Å². The summed E-state index contributed by atoms with van der Waals surface area (Å²) in [4.78, 5) is 8.51. The summed E-state index contributed by atoms with van der Waals surface area (Å²) in [5, 5.41) is 2.22. The third-order valence-electron chi connectivity index (χ3n) is 11.2. The molecule has 0 saturated heterocycles. The van der Waals surface area contributed by atoms with Crippen LogP contribution in [0.3, 0.4) is 0 Å². The smallest absolute Gasteiger partial charge is 0.355 e. The van der Waals surface area contributed by atoms with E-state index in [0.29, 0.717) is 5.69 Å². The molecule has 0 saturated carbocycles. The van der Waals surface area contributed by atoms with E-state index in [1.807, 2.05) is 42.6 Å². The third kappa shape index (κ3) is 4.91. The molecule has 0 fully saturated rings. The third-order valence-corrected chi connectivity index (χ3v) is 11.2. The van der Waals surface area contributed by atoms with Crippen LogP contribution in [-0.4, -0.2) is 23.2 Å². The van der Waals surface area contributed by atoms with Crippen LogP contribution in [-0.2, 0) is 26.5 Å². The van der Waals surface area contributed by atoms with Crippen LogP contribution in [0.15, 0.2) is 176 Å². The number of nitrogens with zero attached hydrogens (tertiary/aromatic N) is 4. The van der Waals surface area contributed by atoms with Crippen molar-refractivity contribution in [1.82, 2.24) is 9.55 Å². The predicted octanol–water partition coefficient (Wildman–Crippen LogP) is 11.4. The minimum absolute atomic E-state index is 0. The molecule has 7 aromatic carbocycles. The number of anilines is 3. The van der Waals surface area contributed by atoms with Gasteiger partial charge in [-0.25, -0.2) is 4.98 Å². The SMILES string of the molecule is [2H]C([2H])([2H])N1CN(c2[c-]c(C3(c4[c-]c5c(cc4)c4ccccc4n5-c4cc(-c5ccccc5)ccn4)c4ccccc4-c4ccccc43)ccc2)c2ccccc21.[Pt+2]. The Bertz CT molecular complexity index is 2980. The molecule has 0 N–H and O–H groups in total. The fourth-order valence-corrected chi connectivity index (χ4v) is 8.91. The molecule has 0 bridgehead atoms. The first-order chi connectivity index (χ1) is 27.9. The molecule has 3 heterocycles. The van der Waals surface area contributed by atoms with Crippen molar-refractivity contribution in [2.24, 2.45) is 0 Å². The van der Waals surface area contributed by atoms with Crippen molar-refractivity contribution < 1.29 is 25.2 Å². The van der Waals surface area contributed by atoms with E-state index in [1.54, 1.807) is 0 Å². The van der Waals surface area contributed by atoms with Crippen LogP contribution in [0.4, 0.5) is 17.1 Å². The zero-order valence-corrected chi connectivity index (χ0v) is 31.8. The van der Waals surface area contributed by atoms with Crippen LogP contribution >= 0.6 is 0 Å². The summed E-state index contributed by atoms with van der Waals surface area (Å²) in [6, 6.07) is 66.8. The number of hydrogen-bond donors (Lipinski definition) is 0. The maximum atomic E-state index is 8.35. The summed E-state index contributed by atoms with van der Waals surface area (Å²) in [7, 11) is 0. The van der Waals surface area contributed by atoms with Crippen molar-refractivity contribution >= 4 is 38.9 Å². The average molecular weight is 889 g/mol. The molecule has 0 radical (unpaired) electrons. The van der Waals surface area contributed by atoms with E-state index >= 15 is 0 Å². The molecule has 55 heavy (non-hydrogen) atoms. The molecule has 0 amide bonds. The second-order valence-electron chi connectivity index (χ2n) is 14.0. The van der Waals surface area contributed by atoms with Gasteiger partial charge in [0.2, 0.25) is 0 Å². The van der Waals surface area contributed by atoms with E-state index in [0.717, 1.165) is 72.4 Å². The Labute approximate surface area is 339 Å². The van der Waals surface area contributed by atoms with E-state index in [1.165, 1.54) is 16.0 Å². The summed E-state index contributed by atoms with van der Waals surface area (Å²) < 4.78 is 27.3. The number of para-hydroxylation sites is 3. The summed E-state index contributed by atoms with van der Waals surface area (Å²) >= 11 is 0. The van der Waals surface area contributed by atoms with Gasteiger partial charge in [0, 0.05) is 28.2 Å². The first kappa shape index (κ1) is 30.1. The van der Waals surface area contributed by atoms with Gasteiger partial charge in [-0.3, -0.25) is 0 Å². The van der Waals surface area contributed by atoms with E-state index in [9.17, 15) is 0 Å². The van der Waals surface area contributed by atoms with Gasteiger partial charge in [-0.05, 0) is 69.1 Å². The number of rotatable bonds is 5. The molecule has 0 unspecified atom stereocenters. The van der Waals surface area contributed by atoms with Crippen LogP contribution in [0, 0.1) is 12.1 Å². The Morgan fingerprint density at radius 1 is 0.600 bits per heavy atom. The minimum Gasteiger partial charge on any atom is -0.355 e. The van der Waals surface area contributed by atoms with Crippen molar-refractivity contribution in [3.63, 3.8) is 0 Å². The molecule has 11 rings (SSSR count). The molecule has 2 aliphatic rings. The van der Waals surface area contributed by atoms with E-state index in [-0.39, 0.29) is 27.7 Å². The van der Waals surface area contributed by atoms with Gasteiger partial charge in [0.1, 0.15) is 5.82 Å². The van der Waals surface area contributed by atoms with Crippen molar-refractivity contribution in [2.75, 3.05) is 23.4 Å². The number of pyridine rings is 1. The van der Waals surface area contributed by atoms with Crippen molar-refractivity contribution in [3.05, 3.63) is 210 Å². The van der Waals surface area contributed by atoms with Gasteiger partial charge in [0.25, 0.3) is 0 Å². The van der Waals surface area contributed by atoms with Gasteiger partial charge in [0.05, 0.1) is 18.0 Å². The van der Waals surface area contributed by atoms with Gasteiger partial charge < -0.3 is 14.4 Å². The second-order valence-corrected chi connectivity index (χ2v) is 14.0. The quantitative estimate of drug-likeness (QED) is 0.161. The molecule has 0 spiro atoms. The van der Waals surface area contributed by atoms with Gasteiger partial charge in [-0.2, -0.15) is 36.4 Å². The minimum atomic E-state index is -2.30. The Kier molecular flexibility index (Phi) is 7.11. The molecule has 0 atom stereocenters. The van der Waals surface area contributed by atoms with Crippen LogP contribution in [0.25, 0.3) is 49.9 Å². The van der Waals surface area contributed by atoms with Gasteiger partial charge in [-0.1, -0.05) is 120 Å². The van der Waals surface area contributed by atoms with Crippen LogP contribution < -0.4 is 9.80 Å². The monoisotopic (exact) mass is 888 g/mol. The molecule has 264 valence electrons. The van der Waals surface area contributed by atoms with Crippen LogP contribution in [0.5, 0.6) is 0 Å². The summed E-state index contributed by atoms with van der Waals surface area (Å²) in [5.74, 6) is 0.817. The van der Waals surface area contributed by atoms with Gasteiger partial charge in [0.15, 0.2) is 0 Å². The average Bonchev–Trinajstić information content (AvgIpc) is 3.91. The maximum Gasteiger partial charge on any atom is 2.00 e. The summed E-state index contributed by atoms with van der Waals surface area (Å²) in [6.45, 7) is -2.12. The number of benzene rings is 7. The Hall–Kier alpha value is -6.22. The van der Waals surface area contributed by atoms with E-state index in [2.05, 4.69) is 155 Å². The number of hydrogen-bond acceptors (Lipinski definition) is 3. The Balaban J connectivity index is 0.00000408.